The van der Waals surface area contributed by atoms with E-state index in [1.54, 1.807) is 0 Å². The first-order valence-corrected chi connectivity index (χ1v) is 6.70. The third-order valence-corrected chi connectivity index (χ3v) is 3.59. The number of hydrogen-bond donors (Lipinski definition) is 1. The van der Waals surface area contributed by atoms with E-state index in [2.05, 4.69) is 31.7 Å². The lowest BCUT2D eigenvalue weighted by molar-refractivity contribution is 0.0339. The maximum absolute atomic E-state index is 10.1. The summed E-state index contributed by atoms with van der Waals surface area (Å²) in [6, 6.07) is 4.05. The van der Waals surface area contributed by atoms with Gasteiger partial charge in [-0.05, 0) is 30.0 Å². The van der Waals surface area contributed by atoms with E-state index in [-0.39, 0.29) is 0 Å². The van der Waals surface area contributed by atoms with Crippen LogP contribution in [-0.2, 0) is 11.3 Å². The van der Waals surface area contributed by atoms with Gasteiger partial charge in [0.15, 0.2) is 0 Å². The van der Waals surface area contributed by atoms with Gasteiger partial charge in [0.2, 0.25) is 0 Å². The van der Waals surface area contributed by atoms with E-state index >= 15 is 0 Å². The molecule has 1 fully saturated rings. The molecule has 100 valence electrons. The Balaban J connectivity index is 2.18. The van der Waals surface area contributed by atoms with Gasteiger partial charge in [-0.1, -0.05) is 19.9 Å². The van der Waals surface area contributed by atoms with Crippen LogP contribution in [0.5, 0.6) is 5.75 Å². The van der Waals surface area contributed by atoms with Crippen molar-refractivity contribution in [3.05, 3.63) is 28.8 Å². The smallest absolute Gasteiger partial charge is 0.120 e. The molecule has 0 unspecified atom stereocenters. The predicted molar refractivity (Wildman–Crippen MR) is 73.0 cm³/mol. The summed E-state index contributed by atoms with van der Waals surface area (Å²) in [7, 11) is 0. The van der Waals surface area contributed by atoms with E-state index in [1.165, 1.54) is 11.1 Å². The topological polar surface area (TPSA) is 32.7 Å². The summed E-state index contributed by atoms with van der Waals surface area (Å²) in [6.45, 7) is 10.8. The van der Waals surface area contributed by atoms with E-state index in [0.717, 1.165) is 38.4 Å². The number of ether oxygens (including phenoxy) is 1. The van der Waals surface area contributed by atoms with E-state index in [1.807, 2.05) is 6.07 Å². The van der Waals surface area contributed by atoms with Crippen molar-refractivity contribution in [3.8, 4) is 5.75 Å². The van der Waals surface area contributed by atoms with Crippen molar-refractivity contribution in [3.63, 3.8) is 0 Å². The molecule has 0 atom stereocenters. The molecule has 1 heterocycles. The van der Waals surface area contributed by atoms with Crippen LogP contribution in [0, 0.1) is 6.92 Å². The van der Waals surface area contributed by atoms with Gasteiger partial charge in [-0.25, -0.2) is 0 Å². The van der Waals surface area contributed by atoms with Crippen LogP contribution in [0.3, 0.4) is 0 Å². The molecule has 1 saturated heterocycles. The standard InChI is InChI=1S/C15H23NO2/c1-11(2)14-9-13(15(17)8-12(14)3)10-16-4-6-18-7-5-16/h8-9,11,17H,4-7,10H2,1-3H3. The predicted octanol–water partition coefficient (Wildman–Crippen LogP) is 2.66. The van der Waals surface area contributed by atoms with Crippen molar-refractivity contribution in [2.75, 3.05) is 26.3 Å². The third-order valence-electron chi connectivity index (χ3n) is 3.59. The molecule has 3 nitrogen and oxygen atoms in total. The maximum Gasteiger partial charge on any atom is 0.120 e. The molecule has 0 saturated carbocycles. The van der Waals surface area contributed by atoms with E-state index < -0.39 is 0 Å². The minimum atomic E-state index is 0.420. The van der Waals surface area contributed by atoms with Gasteiger partial charge in [-0.15, -0.1) is 0 Å². The van der Waals surface area contributed by atoms with E-state index in [0.29, 0.717) is 11.7 Å². The van der Waals surface area contributed by atoms with Gasteiger partial charge < -0.3 is 9.84 Å². The summed E-state index contributed by atoms with van der Waals surface area (Å²) in [5, 5.41) is 10.1. The van der Waals surface area contributed by atoms with Gasteiger partial charge in [0.25, 0.3) is 0 Å². The summed E-state index contributed by atoms with van der Waals surface area (Å²) in [6.07, 6.45) is 0. The highest BCUT2D eigenvalue weighted by Gasteiger charge is 2.15. The van der Waals surface area contributed by atoms with Gasteiger partial charge in [-0.2, -0.15) is 0 Å². The lowest BCUT2D eigenvalue weighted by atomic mass is 9.95. The molecule has 0 spiro atoms. The SMILES string of the molecule is Cc1cc(O)c(CN2CCOCC2)cc1C(C)C. The van der Waals surface area contributed by atoms with Gasteiger partial charge in [-0.3, -0.25) is 4.90 Å². The normalized spacial score (nSPS) is 17.3. The molecule has 1 N–H and O–H groups in total. The molecule has 18 heavy (non-hydrogen) atoms. The first-order chi connectivity index (χ1) is 8.58. The molecule has 1 aromatic carbocycles. The van der Waals surface area contributed by atoms with Crippen LogP contribution in [0.4, 0.5) is 0 Å². The van der Waals surface area contributed by atoms with Crippen LogP contribution in [0.25, 0.3) is 0 Å². The molecular formula is C15H23NO2. The molecule has 0 amide bonds. The highest BCUT2D eigenvalue weighted by molar-refractivity contribution is 5.42. The molecule has 0 aromatic heterocycles. The van der Waals surface area contributed by atoms with Crippen molar-refractivity contribution in [1.82, 2.24) is 4.90 Å². The largest absolute Gasteiger partial charge is 0.508 e. The van der Waals surface area contributed by atoms with Crippen LogP contribution >= 0.6 is 0 Å². The van der Waals surface area contributed by atoms with Crippen molar-refractivity contribution in [2.45, 2.75) is 33.2 Å². The Hall–Kier alpha value is -1.06. The van der Waals surface area contributed by atoms with Crippen molar-refractivity contribution < 1.29 is 9.84 Å². The van der Waals surface area contributed by atoms with Crippen molar-refractivity contribution in [1.29, 1.82) is 0 Å². The second-order valence-electron chi connectivity index (χ2n) is 5.38. The first kappa shape index (κ1) is 13.4. The second kappa shape index (κ2) is 5.72. The number of aryl methyl sites for hydroxylation is 1. The molecule has 3 heteroatoms. The van der Waals surface area contributed by atoms with Gasteiger partial charge in [0.1, 0.15) is 5.75 Å². The average Bonchev–Trinajstić information content (AvgIpc) is 2.33. The molecule has 1 aromatic rings. The van der Waals surface area contributed by atoms with Crippen molar-refractivity contribution >= 4 is 0 Å². The zero-order chi connectivity index (χ0) is 13.1. The van der Waals surface area contributed by atoms with Gasteiger partial charge in [0.05, 0.1) is 13.2 Å². The molecule has 1 aliphatic heterocycles. The monoisotopic (exact) mass is 249 g/mol. The number of hydrogen-bond acceptors (Lipinski definition) is 3. The summed E-state index contributed by atoms with van der Waals surface area (Å²) in [5.74, 6) is 0.914. The second-order valence-corrected chi connectivity index (χ2v) is 5.38. The number of phenolic OH excluding ortho intramolecular Hbond substituents is 1. The Bertz CT molecular complexity index is 409. The summed E-state index contributed by atoms with van der Waals surface area (Å²) in [5.41, 5.74) is 3.54. The number of morpholine rings is 1. The van der Waals surface area contributed by atoms with Crippen LogP contribution < -0.4 is 0 Å². The minimum Gasteiger partial charge on any atom is -0.508 e. The molecule has 0 radical (unpaired) electrons. The Morgan fingerprint density at radius 2 is 1.94 bits per heavy atom. The highest BCUT2D eigenvalue weighted by Crippen LogP contribution is 2.28. The molecular weight excluding hydrogens is 226 g/mol. The zero-order valence-corrected chi connectivity index (χ0v) is 11.6. The van der Waals surface area contributed by atoms with Crippen LogP contribution in [0.15, 0.2) is 12.1 Å². The number of aromatic hydroxyl groups is 1. The average molecular weight is 249 g/mol. The summed E-state index contributed by atoms with van der Waals surface area (Å²) < 4.78 is 5.34. The number of rotatable bonds is 3. The lowest BCUT2D eigenvalue weighted by Crippen LogP contribution is -2.35. The summed E-state index contributed by atoms with van der Waals surface area (Å²) in [4.78, 5) is 2.33. The fraction of sp³-hybridized carbons (Fsp3) is 0.600. The number of nitrogens with zero attached hydrogens (tertiary/aromatic N) is 1. The third kappa shape index (κ3) is 3.03. The highest BCUT2D eigenvalue weighted by atomic mass is 16.5. The molecule has 1 aliphatic rings. The fourth-order valence-electron chi connectivity index (χ4n) is 2.51. The quantitative estimate of drug-likeness (QED) is 0.894. The summed E-state index contributed by atoms with van der Waals surface area (Å²) >= 11 is 0. The maximum atomic E-state index is 10.1. The zero-order valence-electron chi connectivity index (χ0n) is 11.6. The molecule has 0 bridgehead atoms. The van der Waals surface area contributed by atoms with Crippen molar-refractivity contribution in [2.24, 2.45) is 0 Å². The first-order valence-electron chi connectivity index (χ1n) is 6.70. The Labute approximate surface area is 109 Å². The Kier molecular flexibility index (Phi) is 4.25. The van der Waals surface area contributed by atoms with E-state index in [9.17, 15) is 5.11 Å². The van der Waals surface area contributed by atoms with Gasteiger partial charge >= 0.3 is 0 Å². The van der Waals surface area contributed by atoms with Gasteiger partial charge in [0, 0.05) is 25.2 Å². The Morgan fingerprint density at radius 3 is 2.56 bits per heavy atom. The fourth-order valence-corrected chi connectivity index (χ4v) is 2.51. The van der Waals surface area contributed by atoms with E-state index in [4.69, 9.17) is 4.74 Å². The van der Waals surface area contributed by atoms with Crippen LogP contribution in [0.2, 0.25) is 0 Å². The number of phenols is 1. The molecule has 0 aliphatic carbocycles. The minimum absolute atomic E-state index is 0.420. The molecule has 2 rings (SSSR count). The van der Waals surface area contributed by atoms with Crippen LogP contribution in [-0.4, -0.2) is 36.3 Å². The number of benzene rings is 1. The lowest BCUT2D eigenvalue weighted by Gasteiger charge is -2.27. The van der Waals surface area contributed by atoms with Crippen LogP contribution in [0.1, 0.15) is 36.5 Å². The Morgan fingerprint density at radius 1 is 1.28 bits per heavy atom.